The van der Waals surface area contributed by atoms with Gasteiger partial charge in [0.25, 0.3) is 0 Å². The minimum atomic E-state index is 0.459. The molecule has 0 saturated heterocycles. The summed E-state index contributed by atoms with van der Waals surface area (Å²) in [4.78, 5) is 4.95. The van der Waals surface area contributed by atoms with Crippen molar-refractivity contribution in [3.8, 4) is 22.4 Å². The van der Waals surface area contributed by atoms with Crippen molar-refractivity contribution in [2.75, 3.05) is 0 Å². The normalized spacial score (nSPS) is 18.9. The first-order valence-electron chi connectivity index (χ1n) is 11.6. The summed E-state index contributed by atoms with van der Waals surface area (Å²) in [6.45, 7) is 7.03. The third-order valence-corrected chi connectivity index (χ3v) is 7.55. The van der Waals surface area contributed by atoms with Crippen LogP contribution in [0.4, 0.5) is 0 Å². The predicted molar refractivity (Wildman–Crippen MR) is 131 cm³/mol. The van der Waals surface area contributed by atoms with Gasteiger partial charge in [-0.2, -0.15) is 0 Å². The predicted octanol–water partition coefficient (Wildman–Crippen LogP) is 8.08. The molecule has 2 aliphatic rings. The molecule has 1 fully saturated rings. The van der Waals surface area contributed by atoms with Gasteiger partial charge in [-0.3, -0.25) is 4.98 Å². The number of benzene rings is 3. The monoisotopic (exact) mass is 403 g/mol. The molecule has 3 aromatic carbocycles. The minimum Gasteiger partial charge on any atom is -0.256 e. The highest BCUT2D eigenvalue weighted by atomic mass is 14.7. The highest BCUT2D eigenvalue weighted by molar-refractivity contribution is 5.98. The van der Waals surface area contributed by atoms with Crippen LogP contribution in [0.15, 0.2) is 66.9 Å². The van der Waals surface area contributed by atoms with Gasteiger partial charge >= 0.3 is 0 Å². The van der Waals surface area contributed by atoms with Crippen molar-refractivity contribution in [1.29, 1.82) is 0 Å². The highest BCUT2D eigenvalue weighted by Gasteiger charge is 2.32. The van der Waals surface area contributed by atoms with Crippen LogP contribution in [0.3, 0.4) is 0 Å². The molecule has 1 nitrogen and oxygen atoms in total. The fourth-order valence-corrected chi connectivity index (χ4v) is 5.96. The van der Waals surface area contributed by atoms with Crippen LogP contribution >= 0.6 is 0 Å². The van der Waals surface area contributed by atoms with E-state index < -0.39 is 0 Å². The molecule has 0 spiro atoms. The van der Waals surface area contributed by atoms with E-state index in [4.69, 9.17) is 4.98 Å². The van der Waals surface area contributed by atoms with Crippen LogP contribution in [-0.4, -0.2) is 4.98 Å². The van der Waals surface area contributed by atoms with Gasteiger partial charge in [0.05, 0.1) is 5.69 Å². The van der Waals surface area contributed by atoms with Gasteiger partial charge in [-0.25, -0.2) is 0 Å². The molecular weight excluding hydrogens is 374 g/mol. The van der Waals surface area contributed by atoms with Crippen molar-refractivity contribution in [3.05, 3.63) is 89.1 Å². The first-order chi connectivity index (χ1) is 15.0. The Kier molecular flexibility index (Phi) is 4.12. The first kappa shape index (κ1) is 18.8. The van der Waals surface area contributed by atoms with Crippen LogP contribution in [0.2, 0.25) is 0 Å². The third-order valence-electron chi connectivity index (χ3n) is 7.55. The van der Waals surface area contributed by atoms with Gasteiger partial charge in [0.2, 0.25) is 0 Å². The highest BCUT2D eigenvalue weighted by Crippen LogP contribution is 2.47. The molecule has 31 heavy (non-hydrogen) atoms. The van der Waals surface area contributed by atoms with Crippen LogP contribution in [0.1, 0.15) is 61.3 Å². The number of aryl methyl sites for hydroxylation is 1. The van der Waals surface area contributed by atoms with Crippen LogP contribution < -0.4 is 0 Å². The van der Waals surface area contributed by atoms with E-state index in [1.807, 2.05) is 6.20 Å². The van der Waals surface area contributed by atoms with E-state index in [-0.39, 0.29) is 0 Å². The molecule has 0 aliphatic heterocycles. The largest absolute Gasteiger partial charge is 0.256 e. The standard InChI is InChI=1S/C30H29N/c1-19-14-26-24-7-5-4-6-22(24)17-27(26)28(15-19)29-25-16-21(9-8-20(25)11-13-31-29)23-10-12-30(2,3)18-23/h4-9,11,13-16,23H,10,12,17-18H2,1-3H3. The van der Waals surface area contributed by atoms with Crippen LogP contribution in [-0.2, 0) is 6.42 Å². The summed E-state index contributed by atoms with van der Waals surface area (Å²) < 4.78 is 0. The fourth-order valence-electron chi connectivity index (χ4n) is 5.96. The molecule has 4 aromatic rings. The van der Waals surface area contributed by atoms with Crippen LogP contribution in [0, 0.1) is 12.3 Å². The van der Waals surface area contributed by atoms with Crippen molar-refractivity contribution in [1.82, 2.24) is 4.98 Å². The Morgan fingerprint density at radius 3 is 2.58 bits per heavy atom. The van der Waals surface area contributed by atoms with Crippen LogP contribution in [0.5, 0.6) is 0 Å². The maximum absolute atomic E-state index is 4.95. The number of aromatic nitrogens is 1. The Bertz CT molecular complexity index is 1330. The van der Waals surface area contributed by atoms with E-state index in [1.54, 1.807) is 0 Å². The van der Waals surface area contributed by atoms with Crippen molar-refractivity contribution in [2.24, 2.45) is 5.41 Å². The third kappa shape index (κ3) is 3.10. The van der Waals surface area contributed by atoms with E-state index in [0.717, 1.165) is 12.1 Å². The molecule has 0 radical (unpaired) electrons. The Labute approximate surface area is 185 Å². The summed E-state index contributed by atoms with van der Waals surface area (Å²) in [5.41, 5.74) is 11.3. The average molecular weight is 404 g/mol. The summed E-state index contributed by atoms with van der Waals surface area (Å²) in [6, 6.07) is 22.8. The number of pyridine rings is 1. The molecule has 154 valence electrons. The van der Waals surface area contributed by atoms with Gasteiger partial charge in [0, 0.05) is 17.1 Å². The lowest BCUT2D eigenvalue weighted by Crippen LogP contribution is -2.04. The zero-order valence-electron chi connectivity index (χ0n) is 18.7. The summed E-state index contributed by atoms with van der Waals surface area (Å²) in [6.07, 6.45) is 6.87. The van der Waals surface area contributed by atoms with Crippen molar-refractivity contribution in [2.45, 2.75) is 52.4 Å². The molecule has 1 atom stereocenters. The number of fused-ring (bicyclic) bond motifs is 4. The average Bonchev–Trinajstić information content (AvgIpc) is 3.32. The molecule has 1 heterocycles. The lowest BCUT2D eigenvalue weighted by atomic mass is 9.87. The first-order valence-corrected chi connectivity index (χ1v) is 11.6. The molecule has 0 amide bonds. The number of hydrogen-bond donors (Lipinski definition) is 0. The van der Waals surface area contributed by atoms with E-state index in [0.29, 0.717) is 11.3 Å². The topological polar surface area (TPSA) is 12.9 Å². The summed E-state index contributed by atoms with van der Waals surface area (Å²) >= 11 is 0. The second-order valence-electron chi connectivity index (χ2n) is 10.4. The maximum atomic E-state index is 4.95. The molecule has 1 aromatic heterocycles. The summed E-state index contributed by atoms with van der Waals surface area (Å²) in [5.74, 6) is 0.667. The number of nitrogens with zero attached hydrogens (tertiary/aromatic N) is 1. The van der Waals surface area contributed by atoms with Gasteiger partial charge in [-0.1, -0.05) is 56.3 Å². The Morgan fingerprint density at radius 1 is 0.903 bits per heavy atom. The molecule has 6 rings (SSSR count). The quantitative estimate of drug-likeness (QED) is 0.290. The minimum absolute atomic E-state index is 0.459. The van der Waals surface area contributed by atoms with Gasteiger partial charge in [-0.05, 0) is 101 Å². The SMILES string of the molecule is Cc1cc2c(c(-c3nccc4ccc(C5CCC(C)(C)C5)cc34)c1)Cc1ccccc1-2. The molecule has 2 aliphatic carbocycles. The summed E-state index contributed by atoms with van der Waals surface area (Å²) in [5, 5.41) is 2.59. The zero-order chi connectivity index (χ0) is 21.2. The van der Waals surface area contributed by atoms with Crippen molar-refractivity contribution in [3.63, 3.8) is 0 Å². The molecule has 1 saturated carbocycles. The van der Waals surface area contributed by atoms with Crippen molar-refractivity contribution < 1.29 is 0 Å². The second kappa shape index (κ2) is 6.79. The smallest absolute Gasteiger partial charge is 0.0783 e. The Hall–Kier alpha value is -2.93. The molecule has 0 bridgehead atoms. The summed E-state index contributed by atoms with van der Waals surface area (Å²) in [7, 11) is 0. The van der Waals surface area contributed by atoms with Gasteiger partial charge < -0.3 is 0 Å². The zero-order valence-corrected chi connectivity index (χ0v) is 18.7. The van der Waals surface area contributed by atoms with Gasteiger partial charge in [0.1, 0.15) is 0 Å². The molecule has 1 heteroatoms. The number of hydrogen-bond acceptors (Lipinski definition) is 1. The molecule has 0 N–H and O–H groups in total. The number of rotatable bonds is 2. The Balaban J connectivity index is 1.53. The van der Waals surface area contributed by atoms with Gasteiger partial charge in [0.15, 0.2) is 0 Å². The van der Waals surface area contributed by atoms with Gasteiger partial charge in [-0.15, -0.1) is 0 Å². The molecular formula is C30H29N. The van der Waals surface area contributed by atoms with E-state index in [9.17, 15) is 0 Å². The lowest BCUT2D eigenvalue weighted by molar-refractivity contribution is 0.376. The maximum Gasteiger partial charge on any atom is 0.0783 e. The van der Waals surface area contributed by atoms with Crippen LogP contribution in [0.25, 0.3) is 33.2 Å². The van der Waals surface area contributed by atoms with E-state index in [2.05, 4.69) is 81.4 Å². The van der Waals surface area contributed by atoms with E-state index >= 15 is 0 Å². The fraction of sp³-hybridized carbons (Fsp3) is 0.300. The van der Waals surface area contributed by atoms with Crippen molar-refractivity contribution >= 4 is 10.8 Å². The lowest BCUT2D eigenvalue weighted by Gasteiger charge is -2.18. The Morgan fingerprint density at radius 2 is 1.74 bits per heavy atom. The van der Waals surface area contributed by atoms with E-state index in [1.165, 1.54) is 69.0 Å². The molecule has 1 unspecified atom stereocenters. The second-order valence-corrected chi connectivity index (χ2v) is 10.4.